The molecule has 2 aromatic carbocycles. The normalized spacial score (nSPS) is 10.4. The standard InChI is InChI=1S/C18H14BrFN4O2/c1-11-2-5-13(10-15(11)20)22-18(26)23-16-17(25)24(9-8-21-16)14-6-3-12(19)4-7-14/h2-10H,1H3,(H2,21,22,23,26). The van der Waals surface area contributed by atoms with Crippen LogP contribution in [0.5, 0.6) is 0 Å². The molecule has 0 bridgehead atoms. The van der Waals surface area contributed by atoms with Gasteiger partial charge in [-0.25, -0.2) is 14.2 Å². The van der Waals surface area contributed by atoms with Crippen LogP contribution in [0.3, 0.4) is 0 Å². The Morgan fingerprint density at radius 1 is 1.15 bits per heavy atom. The SMILES string of the molecule is Cc1ccc(NC(=O)Nc2nccn(-c3ccc(Br)cc3)c2=O)cc1F. The van der Waals surface area contributed by atoms with Crippen LogP contribution < -0.4 is 16.2 Å². The van der Waals surface area contributed by atoms with Crippen LogP contribution in [0, 0.1) is 12.7 Å². The Morgan fingerprint density at radius 3 is 2.58 bits per heavy atom. The van der Waals surface area contributed by atoms with Gasteiger partial charge in [-0.1, -0.05) is 22.0 Å². The Hall–Kier alpha value is -3.00. The minimum absolute atomic E-state index is 0.138. The molecule has 0 aliphatic carbocycles. The predicted molar refractivity (Wildman–Crippen MR) is 101 cm³/mol. The van der Waals surface area contributed by atoms with Crippen LogP contribution in [0.4, 0.5) is 20.7 Å². The number of benzene rings is 2. The maximum Gasteiger partial charge on any atom is 0.325 e. The molecule has 0 spiro atoms. The van der Waals surface area contributed by atoms with E-state index in [9.17, 15) is 14.0 Å². The third-order valence-corrected chi connectivity index (χ3v) is 4.14. The van der Waals surface area contributed by atoms with E-state index >= 15 is 0 Å². The third-order valence-electron chi connectivity index (χ3n) is 3.61. The first kappa shape index (κ1) is 17.8. The van der Waals surface area contributed by atoms with E-state index in [1.807, 2.05) is 0 Å². The Balaban J connectivity index is 1.80. The monoisotopic (exact) mass is 416 g/mol. The fraction of sp³-hybridized carbons (Fsp3) is 0.0556. The summed E-state index contributed by atoms with van der Waals surface area (Å²) >= 11 is 3.33. The number of anilines is 2. The van der Waals surface area contributed by atoms with Gasteiger partial charge in [-0.05, 0) is 48.9 Å². The van der Waals surface area contributed by atoms with Crippen LogP contribution in [0.15, 0.2) is 64.1 Å². The van der Waals surface area contributed by atoms with Gasteiger partial charge >= 0.3 is 6.03 Å². The van der Waals surface area contributed by atoms with Gasteiger partial charge in [-0.15, -0.1) is 0 Å². The minimum atomic E-state index is -0.689. The van der Waals surface area contributed by atoms with Crippen molar-refractivity contribution in [2.45, 2.75) is 6.92 Å². The highest BCUT2D eigenvalue weighted by atomic mass is 79.9. The molecule has 0 saturated carbocycles. The van der Waals surface area contributed by atoms with Crippen molar-refractivity contribution in [2.75, 3.05) is 10.6 Å². The zero-order valence-electron chi connectivity index (χ0n) is 13.7. The molecule has 0 aliphatic rings. The lowest BCUT2D eigenvalue weighted by Gasteiger charge is -2.10. The van der Waals surface area contributed by atoms with Crippen LogP contribution in [-0.2, 0) is 0 Å². The van der Waals surface area contributed by atoms with Crippen molar-refractivity contribution in [1.82, 2.24) is 9.55 Å². The number of urea groups is 1. The first-order valence-corrected chi connectivity index (χ1v) is 8.41. The van der Waals surface area contributed by atoms with Gasteiger partial charge < -0.3 is 5.32 Å². The number of aromatic nitrogens is 2. The number of carbonyl (C=O) groups is 1. The van der Waals surface area contributed by atoms with Crippen LogP contribution in [-0.4, -0.2) is 15.6 Å². The zero-order chi connectivity index (χ0) is 18.7. The van der Waals surface area contributed by atoms with Crippen molar-refractivity contribution >= 4 is 33.5 Å². The van der Waals surface area contributed by atoms with Crippen LogP contribution in [0.1, 0.15) is 5.56 Å². The van der Waals surface area contributed by atoms with Gasteiger partial charge in [0.05, 0.1) is 0 Å². The van der Waals surface area contributed by atoms with E-state index in [0.717, 1.165) is 4.47 Å². The van der Waals surface area contributed by atoms with Crippen LogP contribution in [0.2, 0.25) is 0 Å². The third kappa shape index (κ3) is 3.97. The van der Waals surface area contributed by atoms with Gasteiger partial charge in [0.15, 0.2) is 0 Å². The van der Waals surface area contributed by atoms with Gasteiger partial charge in [-0.3, -0.25) is 14.7 Å². The highest BCUT2D eigenvalue weighted by Gasteiger charge is 2.11. The average Bonchev–Trinajstić information content (AvgIpc) is 2.61. The van der Waals surface area contributed by atoms with E-state index in [1.54, 1.807) is 43.3 Å². The number of amides is 2. The first-order chi connectivity index (χ1) is 12.4. The van der Waals surface area contributed by atoms with Crippen molar-refractivity contribution in [3.05, 3.63) is 81.1 Å². The topological polar surface area (TPSA) is 76.0 Å². The lowest BCUT2D eigenvalue weighted by Crippen LogP contribution is -2.28. The van der Waals surface area contributed by atoms with Gasteiger partial charge in [-0.2, -0.15) is 0 Å². The Morgan fingerprint density at radius 2 is 1.88 bits per heavy atom. The maximum atomic E-state index is 13.5. The fourth-order valence-electron chi connectivity index (χ4n) is 2.24. The van der Waals surface area contributed by atoms with E-state index in [-0.39, 0.29) is 11.5 Å². The van der Waals surface area contributed by atoms with E-state index < -0.39 is 17.4 Å². The number of nitrogens with zero attached hydrogens (tertiary/aromatic N) is 2. The van der Waals surface area contributed by atoms with Crippen LogP contribution in [0.25, 0.3) is 5.69 Å². The first-order valence-electron chi connectivity index (χ1n) is 7.62. The summed E-state index contributed by atoms with van der Waals surface area (Å²) in [5, 5.41) is 4.86. The molecule has 1 heterocycles. The van der Waals surface area contributed by atoms with Crippen molar-refractivity contribution in [1.29, 1.82) is 0 Å². The summed E-state index contributed by atoms with van der Waals surface area (Å²) in [7, 11) is 0. The largest absolute Gasteiger partial charge is 0.325 e. The summed E-state index contributed by atoms with van der Waals surface area (Å²) in [6.45, 7) is 1.62. The molecule has 0 aliphatic heterocycles. The quantitative estimate of drug-likeness (QED) is 0.674. The summed E-state index contributed by atoms with van der Waals surface area (Å²) in [6.07, 6.45) is 2.91. The molecular formula is C18H14BrFN4O2. The fourth-order valence-corrected chi connectivity index (χ4v) is 2.51. The number of halogens is 2. The van der Waals surface area contributed by atoms with Crippen LogP contribution >= 0.6 is 15.9 Å². The molecule has 3 rings (SSSR count). The second-order valence-corrected chi connectivity index (χ2v) is 6.39. The van der Waals surface area contributed by atoms with Crippen molar-refractivity contribution in [3.8, 4) is 5.69 Å². The average molecular weight is 417 g/mol. The number of carbonyl (C=O) groups excluding carboxylic acids is 1. The lowest BCUT2D eigenvalue weighted by molar-refractivity contribution is 0.262. The molecule has 2 N–H and O–H groups in total. The zero-order valence-corrected chi connectivity index (χ0v) is 15.2. The molecule has 0 fully saturated rings. The minimum Gasteiger partial charge on any atom is -0.308 e. The summed E-state index contributed by atoms with van der Waals surface area (Å²) in [4.78, 5) is 28.5. The van der Waals surface area contributed by atoms with E-state index in [4.69, 9.17) is 0 Å². The molecule has 3 aromatic rings. The molecule has 26 heavy (non-hydrogen) atoms. The summed E-state index contributed by atoms with van der Waals surface area (Å²) < 4.78 is 15.8. The molecule has 0 unspecified atom stereocenters. The number of aryl methyl sites for hydroxylation is 1. The number of nitrogens with one attached hydrogen (secondary N) is 2. The lowest BCUT2D eigenvalue weighted by atomic mass is 10.2. The number of hydrogen-bond donors (Lipinski definition) is 2. The smallest absolute Gasteiger partial charge is 0.308 e. The van der Waals surface area contributed by atoms with Crippen molar-refractivity contribution < 1.29 is 9.18 Å². The van der Waals surface area contributed by atoms with E-state index in [0.29, 0.717) is 11.3 Å². The van der Waals surface area contributed by atoms with Crippen molar-refractivity contribution in [2.24, 2.45) is 0 Å². The Bertz CT molecular complexity index is 1020. The second kappa shape index (κ2) is 7.49. The van der Waals surface area contributed by atoms with Gasteiger partial charge in [0.25, 0.3) is 5.56 Å². The molecule has 132 valence electrons. The van der Waals surface area contributed by atoms with Gasteiger partial charge in [0, 0.05) is 28.2 Å². The molecule has 8 heteroatoms. The van der Waals surface area contributed by atoms with Gasteiger partial charge in [0.1, 0.15) is 5.82 Å². The molecular weight excluding hydrogens is 403 g/mol. The van der Waals surface area contributed by atoms with Crippen molar-refractivity contribution in [3.63, 3.8) is 0 Å². The van der Waals surface area contributed by atoms with E-state index in [2.05, 4.69) is 31.5 Å². The summed E-state index contributed by atoms with van der Waals surface area (Å²) in [5.41, 5.74) is 0.887. The number of rotatable bonds is 3. The molecule has 0 atom stereocenters. The molecule has 1 aromatic heterocycles. The Kier molecular flexibility index (Phi) is 5.13. The highest BCUT2D eigenvalue weighted by molar-refractivity contribution is 9.10. The molecule has 0 radical (unpaired) electrons. The summed E-state index contributed by atoms with van der Waals surface area (Å²) in [5.74, 6) is -0.571. The Labute approximate surface area is 156 Å². The van der Waals surface area contributed by atoms with E-state index in [1.165, 1.54) is 23.0 Å². The number of hydrogen-bond acceptors (Lipinski definition) is 3. The maximum absolute atomic E-state index is 13.5. The summed E-state index contributed by atoms with van der Waals surface area (Å²) in [6, 6.07) is 10.7. The van der Waals surface area contributed by atoms with Gasteiger partial charge in [0.2, 0.25) is 5.82 Å². The highest BCUT2D eigenvalue weighted by Crippen LogP contribution is 2.14. The molecule has 0 saturated heterocycles. The molecule has 2 amide bonds. The predicted octanol–water partition coefficient (Wildman–Crippen LogP) is 4.09. The molecule has 6 nitrogen and oxygen atoms in total. The second-order valence-electron chi connectivity index (χ2n) is 5.47.